The maximum Gasteiger partial charge on any atom is 0.157 e. The van der Waals surface area contributed by atoms with E-state index in [-0.39, 0.29) is 22.0 Å². The topological polar surface area (TPSA) is 17.1 Å². The molecule has 0 radical (unpaired) electrons. The van der Waals surface area contributed by atoms with Crippen LogP contribution in [0.2, 0.25) is 0 Å². The van der Waals surface area contributed by atoms with Crippen molar-refractivity contribution in [1.29, 1.82) is 0 Å². The van der Waals surface area contributed by atoms with Crippen molar-refractivity contribution in [3.63, 3.8) is 0 Å². The van der Waals surface area contributed by atoms with Crippen LogP contribution < -0.4 is 0 Å². The van der Waals surface area contributed by atoms with Gasteiger partial charge >= 0.3 is 0 Å². The molecule has 0 aromatic rings. The van der Waals surface area contributed by atoms with E-state index in [1.54, 1.807) is 0 Å². The number of fused-ring (bicyclic) bond motifs is 2. The van der Waals surface area contributed by atoms with Gasteiger partial charge in [0, 0.05) is 5.41 Å². The molecule has 0 heterocycles. The van der Waals surface area contributed by atoms with Crippen molar-refractivity contribution in [2.45, 2.75) is 39.0 Å². The van der Waals surface area contributed by atoms with Crippen molar-refractivity contribution in [3.05, 3.63) is 0 Å². The first-order valence-corrected chi connectivity index (χ1v) is 5.03. The second kappa shape index (κ2) is 2.06. The van der Waals surface area contributed by atoms with Gasteiger partial charge in [0.1, 0.15) is 0 Å². The number of alkyl halides is 1. The standard InChI is InChI=1S/C10H15ClO/c1-9(2)6-4-5-10(9,3)8(12)7(6)11/h6-7H,4-5H2,1-3H3/t6-,7+,10+/m0/s1. The lowest BCUT2D eigenvalue weighted by molar-refractivity contribution is -0.127. The molecule has 2 bridgehead atoms. The summed E-state index contributed by atoms with van der Waals surface area (Å²) in [6, 6.07) is 0. The monoisotopic (exact) mass is 186 g/mol. The molecule has 2 heteroatoms. The minimum Gasteiger partial charge on any atom is -0.297 e. The quantitative estimate of drug-likeness (QED) is 0.532. The highest BCUT2D eigenvalue weighted by Crippen LogP contribution is 2.64. The lowest BCUT2D eigenvalue weighted by Crippen LogP contribution is -2.33. The molecule has 0 spiro atoms. The fraction of sp³-hybridized carbons (Fsp3) is 0.900. The first kappa shape index (κ1) is 8.55. The van der Waals surface area contributed by atoms with Gasteiger partial charge in [0.05, 0.1) is 5.38 Å². The van der Waals surface area contributed by atoms with E-state index in [1.807, 2.05) is 0 Å². The maximum atomic E-state index is 11.8. The number of hydrogen-bond acceptors (Lipinski definition) is 1. The van der Waals surface area contributed by atoms with Crippen molar-refractivity contribution in [2.24, 2.45) is 16.7 Å². The molecule has 3 atom stereocenters. The third-order valence-electron chi connectivity index (χ3n) is 4.45. The third kappa shape index (κ3) is 0.654. The van der Waals surface area contributed by atoms with E-state index in [0.29, 0.717) is 5.92 Å². The summed E-state index contributed by atoms with van der Waals surface area (Å²) in [5.74, 6) is 0.696. The van der Waals surface area contributed by atoms with Crippen molar-refractivity contribution in [2.75, 3.05) is 0 Å². The molecule has 2 aliphatic carbocycles. The molecule has 68 valence electrons. The molecular formula is C10H15ClO. The Kier molecular flexibility index (Phi) is 1.47. The molecule has 2 aliphatic rings. The largest absolute Gasteiger partial charge is 0.297 e. The van der Waals surface area contributed by atoms with Gasteiger partial charge in [-0.2, -0.15) is 0 Å². The average Bonchev–Trinajstić information content (AvgIpc) is 2.26. The molecule has 0 aromatic carbocycles. The van der Waals surface area contributed by atoms with E-state index in [2.05, 4.69) is 20.8 Å². The zero-order valence-corrected chi connectivity index (χ0v) is 8.61. The molecule has 0 aromatic heterocycles. The highest BCUT2D eigenvalue weighted by molar-refractivity contribution is 6.33. The van der Waals surface area contributed by atoms with Crippen LogP contribution in [0.3, 0.4) is 0 Å². The molecule has 0 N–H and O–H groups in total. The van der Waals surface area contributed by atoms with Crippen LogP contribution >= 0.6 is 11.6 Å². The van der Waals surface area contributed by atoms with Crippen LogP contribution in [-0.4, -0.2) is 11.2 Å². The fourth-order valence-corrected chi connectivity index (χ4v) is 3.66. The zero-order valence-electron chi connectivity index (χ0n) is 7.86. The molecule has 0 unspecified atom stereocenters. The van der Waals surface area contributed by atoms with Crippen LogP contribution in [-0.2, 0) is 4.79 Å². The highest BCUT2D eigenvalue weighted by atomic mass is 35.5. The third-order valence-corrected chi connectivity index (χ3v) is 4.95. The Morgan fingerprint density at radius 2 is 2.00 bits per heavy atom. The smallest absolute Gasteiger partial charge is 0.157 e. The number of carbonyl (C=O) groups excluding carboxylic acids is 1. The van der Waals surface area contributed by atoms with Crippen molar-refractivity contribution < 1.29 is 4.79 Å². The first-order chi connectivity index (χ1) is 5.41. The Morgan fingerprint density at radius 3 is 2.25 bits per heavy atom. The number of rotatable bonds is 0. The van der Waals surface area contributed by atoms with E-state index in [9.17, 15) is 4.79 Å². The van der Waals surface area contributed by atoms with Crippen LogP contribution in [0.5, 0.6) is 0 Å². The first-order valence-electron chi connectivity index (χ1n) is 4.59. The molecule has 12 heavy (non-hydrogen) atoms. The highest BCUT2D eigenvalue weighted by Gasteiger charge is 2.65. The lowest BCUT2D eigenvalue weighted by atomic mass is 9.70. The summed E-state index contributed by atoms with van der Waals surface area (Å²) < 4.78 is 0. The van der Waals surface area contributed by atoms with E-state index in [4.69, 9.17) is 11.6 Å². The molecule has 2 rings (SSSR count). The van der Waals surface area contributed by atoms with Crippen molar-refractivity contribution in [3.8, 4) is 0 Å². The van der Waals surface area contributed by atoms with Gasteiger partial charge in [0.2, 0.25) is 0 Å². The Labute approximate surface area is 78.5 Å². The minimum absolute atomic E-state index is 0.122. The van der Waals surface area contributed by atoms with Crippen LogP contribution in [0.4, 0.5) is 0 Å². The second-order valence-electron chi connectivity index (χ2n) is 4.96. The molecule has 0 aliphatic heterocycles. The Morgan fingerprint density at radius 1 is 1.42 bits per heavy atom. The zero-order chi connectivity index (χ0) is 9.15. The normalized spacial score (nSPS) is 50.2. The average molecular weight is 187 g/mol. The number of hydrogen-bond donors (Lipinski definition) is 0. The van der Waals surface area contributed by atoms with Crippen LogP contribution in [0.25, 0.3) is 0 Å². The van der Waals surface area contributed by atoms with Crippen LogP contribution in [0, 0.1) is 16.7 Å². The Hall–Kier alpha value is -0.0400. The van der Waals surface area contributed by atoms with Crippen molar-refractivity contribution >= 4 is 17.4 Å². The molecule has 2 saturated carbocycles. The van der Waals surface area contributed by atoms with E-state index < -0.39 is 0 Å². The molecule has 2 fully saturated rings. The summed E-state index contributed by atoms with van der Waals surface area (Å²) in [6.07, 6.45) is 2.16. The fourth-order valence-electron chi connectivity index (χ4n) is 2.98. The van der Waals surface area contributed by atoms with Crippen LogP contribution in [0.1, 0.15) is 33.6 Å². The molecule has 0 amide bonds. The molecular weight excluding hydrogens is 172 g/mol. The summed E-state index contributed by atoms with van der Waals surface area (Å²) in [5, 5.41) is -0.209. The summed E-state index contributed by atoms with van der Waals surface area (Å²) in [5.41, 5.74) is -0.0133. The van der Waals surface area contributed by atoms with Gasteiger partial charge in [0.25, 0.3) is 0 Å². The summed E-state index contributed by atoms with van der Waals surface area (Å²) >= 11 is 6.08. The molecule has 0 saturated heterocycles. The van der Waals surface area contributed by atoms with Crippen molar-refractivity contribution in [1.82, 2.24) is 0 Å². The predicted molar refractivity (Wildman–Crippen MR) is 49.3 cm³/mol. The summed E-state index contributed by atoms with van der Waals surface area (Å²) in [4.78, 5) is 11.8. The van der Waals surface area contributed by atoms with E-state index >= 15 is 0 Å². The molecule has 1 nitrogen and oxygen atoms in total. The summed E-state index contributed by atoms with van der Waals surface area (Å²) in [6.45, 7) is 6.45. The number of Topliss-reactive ketones (excluding diaryl/α,β-unsaturated/α-hetero) is 1. The second-order valence-corrected chi connectivity index (χ2v) is 5.44. The number of halogens is 1. The van der Waals surface area contributed by atoms with Gasteiger partial charge < -0.3 is 0 Å². The Balaban J connectivity index is 2.50. The maximum absolute atomic E-state index is 11.8. The van der Waals surface area contributed by atoms with Crippen LogP contribution in [0.15, 0.2) is 0 Å². The van der Waals surface area contributed by atoms with Gasteiger partial charge in [-0.1, -0.05) is 20.8 Å². The lowest BCUT2D eigenvalue weighted by Gasteiger charge is -2.32. The SMILES string of the molecule is CC1(C)[C@H]2CC[C@]1(C)C(=O)[C@@H]2Cl. The van der Waals surface area contributed by atoms with E-state index in [0.717, 1.165) is 12.8 Å². The number of carbonyl (C=O) groups is 1. The van der Waals surface area contributed by atoms with Gasteiger partial charge in [-0.15, -0.1) is 11.6 Å². The van der Waals surface area contributed by atoms with Gasteiger partial charge in [-0.3, -0.25) is 4.79 Å². The summed E-state index contributed by atoms with van der Waals surface area (Å²) in [7, 11) is 0. The minimum atomic E-state index is -0.209. The predicted octanol–water partition coefficient (Wildman–Crippen LogP) is 2.62. The van der Waals surface area contributed by atoms with Gasteiger partial charge in [-0.05, 0) is 24.2 Å². The number of ketones is 1. The van der Waals surface area contributed by atoms with Gasteiger partial charge in [-0.25, -0.2) is 0 Å². The Bertz CT molecular complexity index is 246. The van der Waals surface area contributed by atoms with E-state index in [1.165, 1.54) is 0 Å². The van der Waals surface area contributed by atoms with Gasteiger partial charge in [0.15, 0.2) is 5.78 Å².